The lowest BCUT2D eigenvalue weighted by Crippen LogP contribution is -2.18. The van der Waals surface area contributed by atoms with Gasteiger partial charge in [0.05, 0.1) is 5.52 Å². The summed E-state index contributed by atoms with van der Waals surface area (Å²) in [5, 5.41) is 4.88. The number of benzene rings is 1. The molecule has 3 heterocycles. The molecule has 3 aliphatic rings. The van der Waals surface area contributed by atoms with Gasteiger partial charge in [0.2, 0.25) is 0 Å². The summed E-state index contributed by atoms with van der Waals surface area (Å²) in [6.07, 6.45) is 4.57. The van der Waals surface area contributed by atoms with Gasteiger partial charge in [-0.3, -0.25) is 4.98 Å². The Balaban J connectivity index is 2.01. The molecule has 1 saturated heterocycles. The molecule has 2 nitrogen and oxygen atoms in total. The Labute approximate surface area is 101 Å². The second-order valence-corrected chi connectivity index (χ2v) is 5.31. The van der Waals surface area contributed by atoms with Crippen molar-refractivity contribution in [2.24, 2.45) is 0 Å². The highest BCUT2D eigenvalue weighted by Gasteiger charge is 2.30. The van der Waals surface area contributed by atoms with E-state index in [1.807, 2.05) is 12.3 Å². The van der Waals surface area contributed by atoms with Crippen molar-refractivity contribution in [1.29, 1.82) is 0 Å². The van der Waals surface area contributed by atoms with E-state index < -0.39 is 0 Å². The summed E-state index contributed by atoms with van der Waals surface area (Å²) >= 11 is 0. The molecule has 0 radical (unpaired) electrons. The van der Waals surface area contributed by atoms with Crippen molar-refractivity contribution in [2.45, 2.75) is 24.7 Å². The van der Waals surface area contributed by atoms with E-state index in [9.17, 15) is 0 Å². The summed E-state index contributed by atoms with van der Waals surface area (Å²) in [7, 11) is 0. The molecule has 2 aromatic rings. The van der Waals surface area contributed by atoms with Crippen molar-refractivity contribution >= 4 is 10.9 Å². The number of pyridine rings is 1. The smallest absolute Gasteiger partial charge is 0.0705 e. The van der Waals surface area contributed by atoms with Gasteiger partial charge in [-0.15, -0.1) is 0 Å². The van der Waals surface area contributed by atoms with Gasteiger partial charge in [-0.1, -0.05) is 6.07 Å². The first-order valence-electron chi connectivity index (χ1n) is 6.51. The fraction of sp³-hybridized carbons (Fsp3) is 0.400. The SMILES string of the molecule is c1cnc2cc3c(cc2c1)C1CCC3CNC1. The monoisotopic (exact) mass is 224 g/mol. The van der Waals surface area contributed by atoms with E-state index in [0.29, 0.717) is 11.8 Å². The lowest BCUT2D eigenvalue weighted by atomic mass is 9.77. The molecule has 1 fully saturated rings. The summed E-state index contributed by atoms with van der Waals surface area (Å²) in [5.74, 6) is 1.42. The first-order valence-corrected chi connectivity index (χ1v) is 6.51. The number of nitrogens with zero attached hydrogens (tertiary/aromatic N) is 1. The molecule has 17 heavy (non-hydrogen) atoms. The number of fused-ring (bicyclic) bond motifs is 4. The molecule has 0 spiro atoms. The molecule has 2 heteroatoms. The normalized spacial score (nSPS) is 26.8. The lowest BCUT2D eigenvalue weighted by molar-refractivity contribution is 0.550. The van der Waals surface area contributed by atoms with Gasteiger partial charge in [0.1, 0.15) is 0 Å². The van der Waals surface area contributed by atoms with E-state index in [1.54, 1.807) is 11.1 Å². The number of nitrogens with one attached hydrogen (secondary N) is 1. The second kappa shape index (κ2) is 3.54. The molecule has 86 valence electrons. The first kappa shape index (κ1) is 9.60. The highest BCUT2D eigenvalue weighted by molar-refractivity contribution is 5.80. The van der Waals surface area contributed by atoms with E-state index in [1.165, 1.54) is 18.2 Å². The zero-order chi connectivity index (χ0) is 11.2. The zero-order valence-electron chi connectivity index (χ0n) is 9.82. The lowest BCUT2D eigenvalue weighted by Gasteiger charge is -2.26. The van der Waals surface area contributed by atoms with Crippen LogP contribution in [0.15, 0.2) is 30.5 Å². The predicted molar refractivity (Wildman–Crippen MR) is 69.3 cm³/mol. The summed E-state index contributed by atoms with van der Waals surface area (Å²) in [5.41, 5.74) is 4.28. The van der Waals surface area contributed by atoms with Crippen LogP contribution in [0.1, 0.15) is 35.8 Å². The average Bonchev–Trinajstić information content (AvgIpc) is 2.71. The van der Waals surface area contributed by atoms with Crippen LogP contribution in [0.25, 0.3) is 10.9 Å². The van der Waals surface area contributed by atoms with E-state index in [2.05, 4.69) is 28.5 Å². The quantitative estimate of drug-likeness (QED) is 0.744. The van der Waals surface area contributed by atoms with Gasteiger partial charge in [0.15, 0.2) is 0 Å². The second-order valence-electron chi connectivity index (χ2n) is 5.31. The fourth-order valence-corrected chi connectivity index (χ4v) is 3.43. The molecular weight excluding hydrogens is 208 g/mol. The van der Waals surface area contributed by atoms with Gasteiger partial charge < -0.3 is 5.32 Å². The topological polar surface area (TPSA) is 24.9 Å². The van der Waals surface area contributed by atoms with E-state index in [4.69, 9.17) is 0 Å². The van der Waals surface area contributed by atoms with Crippen LogP contribution in [0.4, 0.5) is 0 Å². The van der Waals surface area contributed by atoms with Crippen LogP contribution in [-0.4, -0.2) is 18.1 Å². The van der Waals surface area contributed by atoms with Crippen molar-refractivity contribution < 1.29 is 0 Å². The van der Waals surface area contributed by atoms with Gasteiger partial charge in [0, 0.05) is 24.7 Å². The molecule has 0 saturated carbocycles. The van der Waals surface area contributed by atoms with Crippen molar-refractivity contribution in [2.75, 3.05) is 13.1 Å². The molecule has 2 aliphatic heterocycles. The molecular formula is C15H16N2. The molecule has 1 N–H and O–H groups in total. The number of hydrogen-bond donors (Lipinski definition) is 1. The Morgan fingerprint density at radius 2 is 1.82 bits per heavy atom. The van der Waals surface area contributed by atoms with Crippen LogP contribution in [0.5, 0.6) is 0 Å². The van der Waals surface area contributed by atoms with Crippen LogP contribution in [0.2, 0.25) is 0 Å². The molecule has 2 atom stereocenters. The molecule has 1 aromatic heterocycles. The van der Waals surface area contributed by atoms with Gasteiger partial charge >= 0.3 is 0 Å². The minimum absolute atomic E-state index is 0.704. The van der Waals surface area contributed by atoms with Gasteiger partial charge in [0.25, 0.3) is 0 Å². The molecule has 2 unspecified atom stereocenters. The standard InChI is InChI=1S/C15H16N2/c1-2-10-6-13-11-3-4-12(9-16-8-11)14(13)7-15(10)17-5-1/h1-2,5-7,11-12,16H,3-4,8-9H2. The Morgan fingerprint density at radius 3 is 2.65 bits per heavy atom. The molecule has 1 aromatic carbocycles. The van der Waals surface area contributed by atoms with Crippen LogP contribution >= 0.6 is 0 Å². The van der Waals surface area contributed by atoms with Crippen LogP contribution < -0.4 is 5.32 Å². The zero-order valence-corrected chi connectivity index (χ0v) is 9.82. The van der Waals surface area contributed by atoms with Crippen LogP contribution in [0, 0.1) is 0 Å². The summed E-state index contributed by atoms with van der Waals surface area (Å²) in [6, 6.07) is 8.91. The largest absolute Gasteiger partial charge is 0.316 e. The molecule has 0 amide bonds. The van der Waals surface area contributed by atoms with Crippen LogP contribution in [0.3, 0.4) is 0 Å². The third-order valence-corrected chi connectivity index (χ3v) is 4.33. The van der Waals surface area contributed by atoms with Gasteiger partial charge in [-0.05, 0) is 54.0 Å². The minimum atomic E-state index is 0.704. The summed E-state index contributed by atoms with van der Waals surface area (Å²) < 4.78 is 0. The molecule has 1 aliphatic carbocycles. The number of aromatic nitrogens is 1. The van der Waals surface area contributed by atoms with Gasteiger partial charge in [-0.25, -0.2) is 0 Å². The van der Waals surface area contributed by atoms with Crippen molar-refractivity contribution in [3.05, 3.63) is 41.6 Å². The highest BCUT2D eigenvalue weighted by atomic mass is 14.9. The third-order valence-electron chi connectivity index (χ3n) is 4.33. The average molecular weight is 224 g/mol. The van der Waals surface area contributed by atoms with Crippen LogP contribution in [-0.2, 0) is 0 Å². The van der Waals surface area contributed by atoms with E-state index in [-0.39, 0.29) is 0 Å². The maximum atomic E-state index is 4.48. The number of hydrogen-bond acceptors (Lipinski definition) is 2. The Kier molecular flexibility index (Phi) is 2.00. The number of rotatable bonds is 0. The fourth-order valence-electron chi connectivity index (χ4n) is 3.43. The predicted octanol–water partition coefficient (Wildman–Crippen LogP) is 2.80. The van der Waals surface area contributed by atoms with Crippen molar-refractivity contribution in [3.63, 3.8) is 0 Å². The van der Waals surface area contributed by atoms with Crippen molar-refractivity contribution in [3.8, 4) is 0 Å². The maximum absolute atomic E-state index is 4.48. The molecule has 5 rings (SSSR count). The molecule has 2 bridgehead atoms. The van der Waals surface area contributed by atoms with Crippen molar-refractivity contribution in [1.82, 2.24) is 10.3 Å². The minimum Gasteiger partial charge on any atom is -0.316 e. The summed E-state index contributed by atoms with van der Waals surface area (Å²) in [6.45, 7) is 2.29. The first-order chi connectivity index (χ1) is 8.42. The Morgan fingerprint density at radius 1 is 1.06 bits per heavy atom. The summed E-state index contributed by atoms with van der Waals surface area (Å²) in [4.78, 5) is 4.48. The highest BCUT2D eigenvalue weighted by Crippen LogP contribution is 2.41. The Hall–Kier alpha value is -1.41. The van der Waals surface area contributed by atoms with Gasteiger partial charge in [-0.2, -0.15) is 0 Å². The Bertz CT molecular complexity index is 522. The maximum Gasteiger partial charge on any atom is 0.0705 e. The third kappa shape index (κ3) is 1.40. The van der Waals surface area contributed by atoms with E-state index >= 15 is 0 Å². The van der Waals surface area contributed by atoms with E-state index in [0.717, 1.165) is 18.6 Å².